The summed E-state index contributed by atoms with van der Waals surface area (Å²) in [6.45, 7) is 0. The lowest BCUT2D eigenvalue weighted by molar-refractivity contribution is -0.0292. The van der Waals surface area contributed by atoms with Crippen LogP contribution in [0.5, 0.6) is 0 Å². The third kappa shape index (κ3) is 2.85. The Morgan fingerprint density at radius 2 is 2.09 bits per heavy atom. The normalized spacial score (nSPS) is 28.5. The molecular formula is C11H14FN5O5S. The van der Waals surface area contributed by atoms with Crippen LogP contribution < -0.4 is 5.73 Å². The Morgan fingerprint density at radius 1 is 1.39 bits per heavy atom. The van der Waals surface area contributed by atoms with E-state index in [2.05, 4.69) is 15.0 Å². The van der Waals surface area contributed by atoms with Gasteiger partial charge in [-0.3, -0.25) is 4.57 Å². The standard InChI is InChI=1S/C11H14FN5O5S/c1-23(20,21)2-4-6(18)7(19)10(22-4)17-3-14-5-8(13)15-11(12)16-9(5)17/h3-4,6-7,10,18-19H,2H2,1H3,(H2,13,15,16)/t4-,6-,7-,10-/m1/s1. The van der Waals surface area contributed by atoms with Crippen LogP contribution in [0.1, 0.15) is 6.23 Å². The molecule has 2 aromatic heterocycles. The molecule has 0 bridgehead atoms. The fraction of sp³-hybridized carbons (Fsp3) is 0.545. The number of hydrogen-bond acceptors (Lipinski definition) is 9. The number of fused-ring (bicyclic) bond motifs is 1. The Bertz CT molecular complexity index is 856. The number of rotatable bonds is 3. The molecule has 23 heavy (non-hydrogen) atoms. The van der Waals surface area contributed by atoms with E-state index in [1.807, 2.05) is 0 Å². The second-order valence-electron chi connectivity index (χ2n) is 5.34. The molecule has 0 amide bonds. The molecule has 0 radical (unpaired) electrons. The summed E-state index contributed by atoms with van der Waals surface area (Å²) < 4.78 is 42.6. The smallest absolute Gasteiger partial charge is 0.312 e. The Kier molecular flexibility index (Phi) is 3.71. The van der Waals surface area contributed by atoms with E-state index in [4.69, 9.17) is 10.5 Å². The summed E-state index contributed by atoms with van der Waals surface area (Å²) in [5, 5.41) is 20.1. The average Bonchev–Trinajstić information content (AvgIpc) is 2.94. The molecule has 3 rings (SSSR count). The van der Waals surface area contributed by atoms with Crippen molar-refractivity contribution >= 4 is 26.8 Å². The molecule has 0 spiro atoms. The first kappa shape index (κ1) is 16.0. The monoisotopic (exact) mass is 347 g/mol. The second kappa shape index (κ2) is 5.33. The quantitative estimate of drug-likeness (QED) is 0.546. The van der Waals surface area contributed by atoms with E-state index < -0.39 is 46.2 Å². The van der Waals surface area contributed by atoms with Crippen LogP contribution in [0.3, 0.4) is 0 Å². The first-order chi connectivity index (χ1) is 10.7. The molecule has 4 N–H and O–H groups in total. The van der Waals surface area contributed by atoms with Crippen molar-refractivity contribution in [3.05, 3.63) is 12.4 Å². The number of anilines is 1. The van der Waals surface area contributed by atoms with Crippen molar-refractivity contribution in [1.82, 2.24) is 19.5 Å². The Balaban J connectivity index is 1.99. The Morgan fingerprint density at radius 3 is 2.74 bits per heavy atom. The molecule has 4 atom stereocenters. The van der Waals surface area contributed by atoms with Crippen molar-refractivity contribution < 1.29 is 27.8 Å². The van der Waals surface area contributed by atoms with Crippen LogP contribution >= 0.6 is 0 Å². The molecule has 1 aliphatic heterocycles. The topological polar surface area (TPSA) is 153 Å². The van der Waals surface area contributed by atoms with E-state index in [9.17, 15) is 23.0 Å². The highest BCUT2D eigenvalue weighted by atomic mass is 32.2. The highest BCUT2D eigenvalue weighted by Crippen LogP contribution is 2.32. The van der Waals surface area contributed by atoms with Crippen molar-refractivity contribution in [2.45, 2.75) is 24.5 Å². The summed E-state index contributed by atoms with van der Waals surface area (Å²) in [7, 11) is -3.44. The van der Waals surface area contributed by atoms with Crippen molar-refractivity contribution in [2.24, 2.45) is 0 Å². The van der Waals surface area contributed by atoms with Gasteiger partial charge in [-0.1, -0.05) is 0 Å². The largest absolute Gasteiger partial charge is 0.387 e. The summed E-state index contributed by atoms with van der Waals surface area (Å²) in [5.74, 6) is -0.660. The summed E-state index contributed by atoms with van der Waals surface area (Å²) in [6, 6.07) is 0. The Hall–Kier alpha value is -1.89. The zero-order chi connectivity index (χ0) is 16.9. The van der Waals surface area contributed by atoms with Crippen LogP contribution in [-0.4, -0.2) is 68.5 Å². The summed E-state index contributed by atoms with van der Waals surface area (Å²) in [5.41, 5.74) is 5.61. The summed E-state index contributed by atoms with van der Waals surface area (Å²) >= 11 is 0. The first-order valence-corrected chi connectivity index (χ1v) is 8.58. The number of aliphatic hydroxyl groups is 2. The van der Waals surface area contributed by atoms with Crippen LogP contribution in [0.15, 0.2) is 6.33 Å². The van der Waals surface area contributed by atoms with Crippen LogP contribution in [0.2, 0.25) is 0 Å². The molecule has 1 fully saturated rings. The Labute approximate surface area is 129 Å². The fourth-order valence-corrected chi connectivity index (χ4v) is 3.36. The zero-order valence-corrected chi connectivity index (χ0v) is 12.7. The van der Waals surface area contributed by atoms with Gasteiger partial charge in [-0.05, 0) is 0 Å². The number of aromatic nitrogens is 4. The second-order valence-corrected chi connectivity index (χ2v) is 7.53. The van der Waals surface area contributed by atoms with Crippen LogP contribution in [0, 0.1) is 6.08 Å². The molecule has 10 nitrogen and oxygen atoms in total. The lowest BCUT2D eigenvalue weighted by atomic mass is 10.1. The molecule has 0 aromatic carbocycles. The molecule has 2 aromatic rings. The maximum Gasteiger partial charge on any atom is 0.312 e. The van der Waals surface area contributed by atoms with Gasteiger partial charge in [0.05, 0.1) is 12.1 Å². The average molecular weight is 347 g/mol. The van der Waals surface area contributed by atoms with Gasteiger partial charge in [0.15, 0.2) is 23.2 Å². The van der Waals surface area contributed by atoms with E-state index in [1.54, 1.807) is 0 Å². The maximum atomic E-state index is 13.3. The van der Waals surface area contributed by atoms with Crippen LogP contribution in [-0.2, 0) is 14.6 Å². The highest BCUT2D eigenvalue weighted by molar-refractivity contribution is 7.90. The van der Waals surface area contributed by atoms with Gasteiger partial charge in [0, 0.05) is 6.26 Å². The van der Waals surface area contributed by atoms with E-state index in [-0.39, 0.29) is 17.0 Å². The van der Waals surface area contributed by atoms with Crippen molar-refractivity contribution in [2.75, 3.05) is 17.7 Å². The van der Waals surface area contributed by atoms with Gasteiger partial charge >= 0.3 is 6.08 Å². The third-order valence-corrected chi connectivity index (χ3v) is 4.43. The van der Waals surface area contributed by atoms with E-state index in [1.165, 1.54) is 10.9 Å². The van der Waals surface area contributed by atoms with Gasteiger partial charge in [-0.2, -0.15) is 14.4 Å². The number of imidazole rings is 1. The number of sulfone groups is 1. The van der Waals surface area contributed by atoms with Gasteiger partial charge in [0.25, 0.3) is 0 Å². The van der Waals surface area contributed by atoms with Crippen molar-refractivity contribution in [3.8, 4) is 0 Å². The third-order valence-electron chi connectivity index (χ3n) is 3.50. The van der Waals surface area contributed by atoms with Crippen LogP contribution in [0.4, 0.5) is 10.2 Å². The molecule has 12 heteroatoms. The number of nitrogen functional groups attached to an aromatic ring is 1. The number of nitrogens with zero attached hydrogens (tertiary/aromatic N) is 4. The highest BCUT2D eigenvalue weighted by Gasteiger charge is 2.45. The molecule has 0 unspecified atom stereocenters. The minimum atomic E-state index is -3.44. The molecule has 3 heterocycles. The van der Waals surface area contributed by atoms with E-state index >= 15 is 0 Å². The number of halogens is 1. The SMILES string of the molecule is CS(=O)(=O)C[C@H]1O[C@@H](n2cnc3c(N)nc(F)nc32)[C@H](O)[C@@H]1O. The molecule has 1 saturated heterocycles. The van der Waals surface area contributed by atoms with Crippen molar-refractivity contribution in [3.63, 3.8) is 0 Å². The maximum absolute atomic E-state index is 13.3. The molecule has 0 saturated carbocycles. The lowest BCUT2D eigenvalue weighted by Crippen LogP contribution is -2.35. The predicted octanol–water partition coefficient (Wildman–Crippen LogP) is -1.79. The molecule has 0 aliphatic carbocycles. The molecule has 1 aliphatic rings. The fourth-order valence-electron chi connectivity index (χ4n) is 2.49. The number of nitrogens with two attached hydrogens (primary N) is 1. The predicted molar refractivity (Wildman–Crippen MR) is 75.3 cm³/mol. The summed E-state index contributed by atoms with van der Waals surface area (Å²) in [4.78, 5) is 10.8. The zero-order valence-electron chi connectivity index (χ0n) is 11.9. The van der Waals surface area contributed by atoms with Gasteiger partial charge in [0.2, 0.25) is 0 Å². The van der Waals surface area contributed by atoms with Gasteiger partial charge in [0.1, 0.15) is 28.1 Å². The summed E-state index contributed by atoms with van der Waals surface area (Å²) in [6.07, 6.45) is -4.11. The minimum absolute atomic E-state index is 0.0359. The molecule has 126 valence electrons. The van der Waals surface area contributed by atoms with Crippen molar-refractivity contribution in [1.29, 1.82) is 0 Å². The number of hydrogen-bond donors (Lipinski definition) is 3. The minimum Gasteiger partial charge on any atom is -0.387 e. The lowest BCUT2D eigenvalue weighted by Gasteiger charge is -2.16. The number of aliphatic hydroxyl groups excluding tert-OH is 2. The van der Waals surface area contributed by atoms with Gasteiger partial charge < -0.3 is 20.7 Å². The van der Waals surface area contributed by atoms with Gasteiger partial charge in [-0.25, -0.2) is 13.4 Å². The van der Waals surface area contributed by atoms with Crippen LogP contribution in [0.25, 0.3) is 11.2 Å². The van der Waals surface area contributed by atoms with E-state index in [0.29, 0.717) is 0 Å². The first-order valence-electron chi connectivity index (χ1n) is 6.52. The van der Waals surface area contributed by atoms with Gasteiger partial charge in [-0.15, -0.1) is 0 Å². The van der Waals surface area contributed by atoms with E-state index in [0.717, 1.165) is 6.26 Å². The number of ether oxygens (including phenoxy) is 1. The molecular weight excluding hydrogens is 333 g/mol.